The van der Waals surface area contributed by atoms with Gasteiger partial charge in [0.15, 0.2) is 11.6 Å². The van der Waals surface area contributed by atoms with Crippen molar-refractivity contribution in [3.05, 3.63) is 125 Å². The zero-order valence-electron chi connectivity index (χ0n) is 37.0. The smallest absolute Gasteiger partial charge is 0.321 e. The predicted molar refractivity (Wildman–Crippen MR) is 243 cm³/mol. The van der Waals surface area contributed by atoms with Gasteiger partial charge in [0.2, 0.25) is 11.8 Å². The van der Waals surface area contributed by atoms with E-state index < -0.39 is 23.9 Å². The maximum atomic E-state index is 12.1. The quantitative estimate of drug-likeness (QED) is 0.166. The van der Waals surface area contributed by atoms with E-state index in [9.17, 15) is 19.2 Å². The minimum atomic E-state index is -0.903. The van der Waals surface area contributed by atoms with Gasteiger partial charge in [0.25, 0.3) is 0 Å². The largest absolute Gasteiger partial charge is 0.483 e. The first-order chi connectivity index (χ1) is 29.4. The molecule has 4 unspecified atom stereocenters. The van der Waals surface area contributed by atoms with Crippen molar-refractivity contribution in [3.63, 3.8) is 0 Å². The Morgan fingerprint density at radius 2 is 0.935 bits per heavy atom. The van der Waals surface area contributed by atoms with Gasteiger partial charge in [-0.25, -0.2) is 9.98 Å². The Morgan fingerprint density at radius 3 is 1.31 bits per heavy atom. The lowest BCUT2D eigenvalue weighted by molar-refractivity contribution is -0.125. The summed E-state index contributed by atoms with van der Waals surface area (Å²) in [5, 5.41) is 0. The van der Waals surface area contributed by atoms with Crippen LogP contribution in [0.1, 0.15) is 69.4 Å². The molecule has 0 saturated carbocycles. The molecular weight excluding hydrogens is 789 g/mol. The van der Waals surface area contributed by atoms with Crippen molar-refractivity contribution in [2.24, 2.45) is 31.8 Å². The van der Waals surface area contributed by atoms with Crippen LogP contribution in [0.15, 0.2) is 117 Å². The summed E-state index contributed by atoms with van der Waals surface area (Å²) < 4.78 is 20.9. The van der Waals surface area contributed by atoms with E-state index >= 15 is 0 Å². The van der Waals surface area contributed by atoms with Gasteiger partial charge in [-0.05, 0) is 99.7 Å². The topological polar surface area (TPSA) is 207 Å². The second-order valence-corrected chi connectivity index (χ2v) is 15.4. The van der Waals surface area contributed by atoms with Crippen molar-refractivity contribution in [2.45, 2.75) is 72.4 Å². The zero-order valence-corrected chi connectivity index (χ0v) is 37.0. The normalized spacial score (nSPS) is 18.0. The molecule has 4 aromatic carbocycles. The molecule has 0 bridgehead atoms. The average Bonchev–Trinajstić information content (AvgIpc) is 3.25. The minimum Gasteiger partial charge on any atom is -0.483 e. The number of rotatable bonds is 9. The lowest BCUT2D eigenvalue weighted by Gasteiger charge is -2.27. The number of hydrogen-bond acceptors (Lipinski definition) is 14. The number of hydrogen-bond donors (Lipinski definition) is 2. The van der Waals surface area contributed by atoms with Crippen molar-refractivity contribution in [2.75, 3.05) is 32.8 Å². The molecule has 0 aliphatic carbocycles. The number of nitrogen functional groups attached to an aromatic ring is 2. The summed E-state index contributed by atoms with van der Waals surface area (Å²) in [4.78, 5) is 63.2. The Balaban J connectivity index is 0.000000228. The van der Waals surface area contributed by atoms with Gasteiger partial charge in [-0.15, -0.1) is 0 Å². The van der Waals surface area contributed by atoms with Crippen LogP contribution in [-0.2, 0) is 45.2 Å². The van der Waals surface area contributed by atoms with E-state index in [1.54, 1.807) is 0 Å². The van der Waals surface area contributed by atoms with Crippen LogP contribution >= 0.6 is 0 Å². The molecule has 0 saturated heterocycles. The standard InChI is InChI=1S/C25H28N2O4.C13H14N2.C10H14N2O4/c1-15-7-9-18(10-8-15)25(4,5)19-11-13-20(14-12-19)31-24-26-22(17(3)29)21(16(2)28)23(27-24)30-6;14-12-5-1-10(2-6-12)9-11-3-7-13(15)8-4-11;1-5(13)7-8(6(2)14)11-10(16-4)12-9(7)15-3/h7-14,21-22H,1-6H3;1-8H,9,14-15H2;7-8H,1-4H3. The molecule has 326 valence electrons. The minimum absolute atomic E-state index is 0.0000878. The molecule has 0 radical (unpaired) electrons. The zero-order chi connectivity index (χ0) is 45.7. The van der Waals surface area contributed by atoms with E-state index in [2.05, 4.69) is 65.0 Å². The first-order valence-corrected chi connectivity index (χ1v) is 19.9. The Morgan fingerprint density at radius 1 is 0.548 bits per heavy atom. The van der Waals surface area contributed by atoms with Gasteiger partial charge in [-0.2, -0.15) is 9.98 Å². The van der Waals surface area contributed by atoms with E-state index in [1.165, 1.54) is 71.3 Å². The van der Waals surface area contributed by atoms with Crippen LogP contribution in [0.2, 0.25) is 0 Å². The number of benzene rings is 4. The number of carbonyl (C=O) groups excluding carboxylic acids is 4. The van der Waals surface area contributed by atoms with Crippen LogP contribution < -0.4 is 16.2 Å². The Hall–Kier alpha value is -6.96. The third-order valence-corrected chi connectivity index (χ3v) is 10.3. The molecule has 14 heteroatoms. The van der Waals surface area contributed by atoms with Gasteiger partial charge in [0.05, 0.1) is 21.3 Å². The van der Waals surface area contributed by atoms with Crippen molar-refractivity contribution < 1.29 is 38.1 Å². The van der Waals surface area contributed by atoms with Crippen LogP contribution in [-0.4, -0.2) is 80.4 Å². The highest BCUT2D eigenvalue weighted by Gasteiger charge is 2.39. The highest BCUT2D eigenvalue weighted by Crippen LogP contribution is 2.33. The number of carbonyl (C=O) groups is 4. The number of methoxy groups -OCH3 is 3. The highest BCUT2D eigenvalue weighted by molar-refractivity contribution is 6.11. The van der Waals surface area contributed by atoms with Crippen molar-refractivity contribution >= 4 is 58.3 Å². The number of aryl methyl sites for hydroxylation is 1. The average molecular weight is 845 g/mol. The maximum absolute atomic E-state index is 12.1. The van der Waals surface area contributed by atoms with Crippen molar-refractivity contribution in [1.82, 2.24) is 0 Å². The number of nitrogens with zero attached hydrogens (tertiary/aromatic N) is 4. The summed E-state index contributed by atoms with van der Waals surface area (Å²) in [5.74, 6) is -1.65. The Kier molecular flexibility index (Phi) is 16.6. The fraction of sp³-hybridized carbons (Fsp3) is 0.333. The first-order valence-electron chi connectivity index (χ1n) is 19.9. The van der Waals surface area contributed by atoms with Gasteiger partial charge in [-0.1, -0.05) is 80.1 Å². The third-order valence-electron chi connectivity index (χ3n) is 10.3. The van der Waals surface area contributed by atoms with Crippen LogP contribution in [0.4, 0.5) is 11.4 Å². The second kappa shape index (κ2) is 21.5. The van der Waals surface area contributed by atoms with E-state index in [0.29, 0.717) is 5.75 Å². The molecule has 4 aromatic rings. The predicted octanol–water partition coefficient (Wildman–Crippen LogP) is 6.93. The summed E-state index contributed by atoms with van der Waals surface area (Å²) in [5.41, 5.74) is 18.8. The van der Waals surface area contributed by atoms with Crippen LogP contribution in [0.3, 0.4) is 0 Å². The second-order valence-electron chi connectivity index (χ2n) is 15.4. The lowest BCUT2D eigenvalue weighted by atomic mass is 9.78. The summed E-state index contributed by atoms with van der Waals surface area (Å²) >= 11 is 0. The molecule has 0 aromatic heterocycles. The molecule has 0 fully saturated rings. The monoisotopic (exact) mass is 844 g/mol. The summed E-state index contributed by atoms with van der Waals surface area (Å²) in [7, 11) is 4.20. The van der Waals surface area contributed by atoms with E-state index in [-0.39, 0.29) is 52.4 Å². The van der Waals surface area contributed by atoms with Crippen LogP contribution in [0, 0.1) is 18.8 Å². The molecule has 2 aliphatic rings. The number of ketones is 4. The number of anilines is 2. The molecule has 14 nitrogen and oxygen atoms in total. The Labute approximate surface area is 363 Å². The van der Waals surface area contributed by atoms with Crippen molar-refractivity contribution in [3.8, 4) is 5.75 Å². The molecule has 2 aliphatic heterocycles. The number of nitrogens with two attached hydrogens (primary N) is 2. The lowest BCUT2D eigenvalue weighted by Crippen LogP contribution is -2.42. The SMILES string of the molecule is COC1=NC(C(C)=O)C(C(C)=O)C(OC)=N1.COC1=NC(Oc2ccc(C(C)(C)c3ccc(C)cc3)cc2)=NC(C(C)=O)C1C(C)=O.Nc1ccc(Cc2ccc(N)cc2)cc1. The molecule has 4 atom stereocenters. The fourth-order valence-electron chi connectivity index (χ4n) is 6.67. The molecule has 4 N–H and O–H groups in total. The molecule has 6 rings (SSSR count). The van der Waals surface area contributed by atoms with Gasteiger partial charge < -0.3 is 30.4 Å². The molecule has 62 heavy (non-hydrogen) atoms. The fourth-order valence-corrected chi connectivity index (χ4v) is 6.67. The number of Topliss-reactive ketones (excluding diaryl/α,β-unsaturated/α-hetero) is 4. The van der Waals surface area contributed by atoms with Crippen LogP contribution in [0.25, 0.3) is 0 Å². The summed E-state index contributed by atoms with van der Waals surface area (Å²) in [6.45, 7) is 12.0. The van der Waals surface area contributed by atoms with Crippen molar-refractivity contribution in [1.29, 1.82) is 0 Å². The number of ether oxygens (including phenoxy) is 4. The van der Waals surface area contributed by atoms with E-state index in [4.69, 9.17) is 30.4 Å². The Bertz CT molecular complexity index is 2290. The van der Waals surface area contributed by atoms with Gasteiger partial charge in [0.1, 0.15) is 41.2 Å². The molecule has 2 heterocycles. The van der Waals surface area contributed by atoms with E-state index in [1.807, 2.05) is 72.8 Å². The summed E-state index contributed by atoms with van der Waals surface area (Å²) in [6, 6.07) is 30.4. The van der Waals surface area contributed by atoms with Gasteiger partial charge >= 0.3 is 12.0 Å². The highest BCUT2D eigenvalue weighted by atomic mass is 16.5. The van der Waals surface area contributed by atoms with Crippen LogP contribution in [0.5, 0.6) is 5.75 Å². The molecule has 0 amide bonds. The summed E-state index contributed by atoms with van der Waals surface area (Å²) in [6.07, 6.45) is 0.917. The molecule has 0 spiro atoms. The van der Waals surface area contributed by atoms with Gasteiger partial charge in [-0.3, -0.25) is 19.2 Å². The third kappa shape index (κ3) is 12.5. The molecular formula is C48H56N6O8. The number of aliphatic imine (C=N–C) groups is 4. The van der Waals surface area contributed by atoms with Gasteiger partial charge in [0, 0.05) is 16.8 Å². The first kappa shape index (κ1) is 47.7. The maximum Gasteiger partial charge on any atom is 0.321 e. The number of amidine groups is 2. The van der Waals surface area contributed by atoms with E-state index in [0.717, 1.165) is 23.4 Å².